The molecule has 1 aliphatic heterocycles. The van der Waals surface area contributed by atoms with Gasteiger partial charge >= 0.3 is 11.9 Å². The number of nitrogens with two attached hydrogens (primary N) is 1. The smallest absolute Gasteiger partial charge is 0.409 e. The molecule has 0 bridgehead atoms. The molecule has 0 unspecified atom stereocenters. The van der Waals surface area contributed by atoms with Gasteiger partial charge in [-0.25, -0.2) is 4.79 Å². The fourth-order valence-electron chi connectivity index (χ4n) is 2.33. The van der Waals surface area contributed by atoms with Crippen LogP contribution in [-0.4, -0.2) is 53.7 Å². The average Bonchev–Trinajstić information content (AvgIpc) is 2.54. The van der Waals surface area contributed by atoms with Crippen molar-refractivity contribution in [3.63, 3.8) is 0 Å². The van der Waals surface area contributed by atoms with Crippen molar-refractivity contribution >= 4 is 23.3 Å². The van der Waals surface area contributed by atoms with Gasteiger partial charge in [-0.2, -0.15) is 0 Å². The van der Waals surface area contributed by atoms with Crippen molar-refractivity contribution in [3.05, 3.63) is 22.4 Å². The fourth-order valence-corrected chi connectivity index (χ4v) is 2.33. The number of nitro groups is 1. The Morgan fingerprint density at radius 3 is 2.70 bits per heavy atom. The number of piperazine rings is 1. The Kier molecular flexibility index (Phi) is 5.56. The number of unbranched alkanes of at least 4 members (excludes halogenated alkanes) is 1. The van der Waals surface area contributed by atoms with Crippen LogP contribution in [0.2, 0.25) is 0 Å². The Morgan fingerprint density at radius 2 is 2.13 bits per heavy atom. The van der Waals surface area contributed by atoms with Crippen molar-refractivity contribution in [2.75, 3.05) is 43.4 Å². The van der Waals surface area contributed by atoms with E-state index in [1.54, 1.807) is 11.0 Å². The monoisotopic (exact) mass is 323 g/mol. The fraction of sp³-hybridized carbons (Fsp3) is 0.571. The lowest BCUT2D eigenvalue weighted by molar-refractivity contribution is -0.388. The minimum absolute atomic E-state index is 0.0360. The van der Waals surface area contributed by atoms with Crippen molar-refractivity contribution in [2.24, 2.45) is 0 Å². The lowest BCUT2D eigenvalue weighted by Crippen LogP contribution is -2.49. The maximum atomic E-state index is 11.9. The molecule has 0 radical (unpaired) electrons. The minimum atomic E-state index is -0.608. The number of hydrogen-bond donors (Lipinski definition) is 1. The zero-order chi connectivity index (χ0) is 16.8. The third kappa shape index (κ3) is 4.21. The first-order valence-electron chi connectivity index (χ1n) is 7.59. The summed E-state index contributed by atoms with van der Waals surface area (Å²) in [5.41, 5.74) is 6.41. The molecule has 9 heteroatoms. The van der Waals surface area contributed by atoms with E-state index < -0.39 is 4.92 Å². The molecule has 2 rings (SSSR count). The largest absolute Gasteiger partial charge is 0.449 e. The molecule has 1 aromatic rings. The van der Waals surface area contributed by atoms with Crippen molar-refractivity contribution in [2.45, 2.75) is 19.8 Å². The number of pyridine rings is 1. The standard InChI is InChI=1S/C14H21N5O4/c1-2-3-8-23-14(20)18-6-4-17(5-7-18)11-9-12(15)13(16-10-11)19(21)22/h9-10H,2-8,15H2,1H3. The average molecular weight is 323 g/mol. The Morgan fingerprint density at radius 1 is 1.43 bits per heavy atom. The molecule has 0 aliphatic carbocycles. The van der Waals surface area contributed by atoms with Crippen LogP contribution in [0, 0.1) is 10.1 Å². The van der Waals surface area contributed by atoms with E-state index in [0.717, 1.165) is 12.8 Å². The highest BCUT2D eigenvalue weighted by molar-refractivity contribution is 5.68. The van der Waals surface area contributed by atoms with Gasteiger partial charge in [0.2, 0.25) is 0 Å². The van der Waals surface area contributed by atoms with Crippen LogP contribution < -0.4 is 10.6 Å². The summed E-state index contributed by atoms with van der Waals surface area (Å²) in [5.74, 6) is -0.341. The van der Waals surface area contributed by atoms with Crippen LogP contribution in [0.1, 0.15) is 19.8 Å². The van der Waals surface area contributed by atoms with Gasteiger partial charge in [0.05, 0.1) is 12.3 Å². The van der Waals surface area contributed by atoms with Crippen LogP contribution in [0.15, 0.2) is 12.3 Å². The Bertz CT molecular complexity index is 572. The molecule has 1 amide bonds. The molecule has 2 N–H and O–H groups in total. The van der Waals surface area contributed by atoms with E-state index in [2.05, 4.69) is 4.98 Å². The van der Waals surface area contributed by atoms with E-state index in [1.165, 1.54) is 6.20 Å². The molecule has 126 valence electrons. The predicted molar refractivity (Wildman–Crippen MR) is 85.3 cm³/mol. The van der Waals surface area contributed by atoms with Gasteiger partial charge < -0.3 is 30.4 Å². The molecule has 1 aromatic heterocycles. The molecule has 1 fully saturated rings. The lowest BCUT2D eigenvalue weighted by atomic mass is 10.2. The number of carbonyl (C=O) groups is 1. The highest BCUT2D eigenvalue weighted by atomic mass is 16.6. The predicted octanol–water partition coefficient (Wildman–Crippen LogP) is 1.63. The summed E-state index contributed by atoms with van der Waals surface area (Å²) in [6, 6.07) is 1.54. The zero-order valence-electron chi connectivity index (χ0n) is 13.1. The third-order valence-corrected chi connectivity index (χ3v) is 3.68. The van der Waals surface area contributed by atoms with Gasteiger partial charge in [-0.05, 0) is 22.4 Å². The molecule has 2 heterocycles. The summed E-state index contributed by atoms with van der Waals surface area (Å²) in [7, 11) is 0. The van der Waals surface area contributed by atoms with Gasteiger partial charge in [-0.3, -0.25) is 0 Å². The van der Waals surface area contributed by atoms with Gasteiger partial charge in [-0.15, -0.1) is 0 Å². The van der Waals surface area contributed by atoms with E-state index in [-0.39, 0.29) is 17.6 Å². The summed E-state index contributed by atoms with van der Waals surface area (Å²) in [5, 5.41) is 10.7. The summed E-state index contributed by atoms with van der Waals surface area (Å²) >= 11 is 0. The van der Waals surface area contributed by atoms with Crippen LogP contribution in [0.3, 0.4) is 0 Å². The van der Waals surface area contributed by atoms with Crippen LogP contribution in [-0.2, 0) is 4.74 Å². The van der Waals surface area contributed by atoms with Crippen LogP contribution >= 0.6 is 0 Å². The number of hydrogen-bond acceptors (Lipinski definition) is 7. The van der Waals surface area contributed by atoms with Crippen molar-refractivity contribution in [1.82, 2.24) is 9.88 Å². The number of nitrogens with zero attached hydrogens (tertiary/aromatic N) is 4. The highest BCUT2D eigenvalue weighted by Crippen LogP contribution is 2.24. The summed E-state index contributed by atoms with van der Waals surface area (Å²) in [6.45, 7) is 4.74. The van der Waals surface area contributed by atoms with Crippen molar-refractivity contribution < 1.29 is 14.5 Å². The molecule has 1 aliphatic rings. The number of anilines is 2. The first-order chi connectivity index (χ1) is 11.0. The second-order valence-corrected chi connectivity index (χ2v) is 5.31. The zero-order valence-corrected chi connectivity index (χ0v) is 13.1. The highest BCUT2D eigenvalue weighted by Gasteiger charge is 2.24. The topological polar surface area (TPSA) is 115 Å². The van der Waals surface area contributed by atoms with Crippen molar-refractivity contribution in [3.8, 4) is 0 Å². The van der Waals surface area contributed by atoms with Crippen LogP contribution in [0.25, 0.3) is 0 Å². The lowest BCUT2D eigenvalue weighted by Gasteiger charge is -2.34. The minimum Gasteiger partial charge on any atom is -0.449 e. The Labute approximate surface area is 134 Å². The van der Waals surface area contributed by atoms with Crippen LogP contribution in [0.5, 0.6) is 0 Å². The number of carbonyl (C=O) groups excluding carboxylic acids is 1. The number of ether oxygens (including phenoxy) is 1. The number of amides is 1. The summed E-state index contributed by atoms with van der Waals surface area (Å²) in [6.07, 6.45) is 2.98. The molecule has 0 saturated carbocycles. The van der Waals surface area contributed by atoms with E-state index >= 15 is 0 Å². The van der Waals surface area contributed by atoms with Gasteiger partial charge in [-0.1, -0.05) is 13.3 Å². The molecular weight excluding hydrogens is 302 g/mol. The maximum Gasteiger partial charge on any atom is 0.409 e. The van der Waals surface area contributed by atoms with E-state index in [4.69, 9.17) is 10.5 Å². The first kappa shape index (κ1) is 16.8. The molecule has 23 heavy (non-hydrogen) atoms. The molecule has 0 atom stereocenters. The summed E-state index contributed by atoms with van der Waals surface area (Å²) < 4.78 is 5.19. The quantitative estimate of drug-likeness (QED) is 0.497. The van der Waals surface area contributed by atoms with E-state index in [9.17, 15) is 14.9 Å². The van der Waals surface area contributed by atoms with Gasteiger partial charge in [0.1, 0.15) is 5.69 Å². The third-order valence-electron chi connectivity index (χ3n) is 3.68. The molecule has 9 nitrogen and oxygen atoms in total. The van der Waals surface area contributed by atoms with E-state index in [0.29, 0.717) is 38.5 Å². The summed E-state index contributed by atoms with van der Waals surface area (Å²) in [4.78, 5) is 29.4. The molecule has 1 saturated heterocycles. The first-order valence-corrected chi connectivity index (χ1v) is 7.59. The molecule has 0 spiro atoms. The number of aromatic nitrogens is 1. The second kappa shape index (κ2) is 7.61. The number of rotatable bonds is 5. The molecule has 0 aromatic carbocycles. The maximum absolute atomic E-state index is 11.9. The van der Waals surface area contributed by atoms with Gasteiger partial charge in [0.25, 0.3) is 0 Å². The second-order valence-electron chi connectivity index (χ2n) is 5.31. The van der Waals surface area contributed by atoms with E-state index in [1.807, 2.05) is 11.8 Å². The van der Waals surface area contributed by atoms with Crippen LogP contribution in [0.4, 0.5) is 22.0 Å². The molecular formula is C14H21N5O4. The Hall–Kier alpha value is -2.58. The Balaban J connectivity index is 1.90. The number of nitrogen functional groups attached to an aromatic ring is 1. The normalized spacial score (nSPS) is 14.7. The van der Waals surface area contributed by atoms with Gasteiger partial charge in [0, 0.05) is 26.2 Å². The van der Waals surface area contributed by atoms with Gasteiger partial charge in [0.15, 0.2) is 6.20 Å². The van der Waals surface area contributed by atoms with Crippen molar-refractivity contribution in [1.29, 1.82) is 0 Å². The SMILES string of the molecule is CCCCOC(=O)N1CCN(c2cnc([N+](=O)[O-])c(N)c2)CC1.